The third-order valence-electron chi connectivity index (χ3n) is 4.76. The molecule has 0 spiro atoms. The molecule has 0 unspecified atom stereocenters. The Morgan fingerprint density at radius 3 is 2.63 bits per heavy atom. The fourth-order valence-electron chi connectivity index (χ4n) is 3.48. The highest BCUT2D eigenvalue weighted by Gasteiger charge is 2.11. The van der Waals surface area contributed by atoms with Crippen LogP contribution in [0.4, 0.5) is 0 Å². The third-order valence-corrected chi connectivity index (χ3v) is 5.00. The quantitative estimate of drug-likeness (QED) is 0.347. The molecule has 3 nitrogen and oxygen atoms in total. The van der Waals surface area contributed by atoms with Crippen LogP contribution in [0, 0.1) is 0 Å². The molecular formula is C23H18ClNO2. The predicted molar refractivity (Wildman–Crippen MR) is 112 cm³/mol. The molecule has 4 aromatic rings. The summed E-state index contributed by atoms with van der Waals surface area (Å²) in [5.41, 5.74) is 3.50. The van der Waals surface area contributed by atoms with Crippen LogP contribution < -0.4 is 0 Å². The number of aromatic hydroxyl groups is 1. The van der Waals surface area contributed by atoms with Gasteiger partial charge in [0.1, 0.15) is 5.75 Å². The van der Waals surface area contributed by atoms with Crippen molar-refractivity contribution in [2.75, 3.05) is 0 Å². The number of aryl methyl sites for hydroxylation is 1. The summed E-state index contributed by atoms with van der Waals surface area (Å²) < 4.78 is 2.29. The van der Waals surface area contributed by atoms with Crippen molar-refractivity contribution in [3.63, 3.8) is 0 Å². The Morgan fingerprint density at radius 1 is 1.04 bits per heavy atom. The van der Waals surface area contributed by atoms with Crippen LogP contribution in [0.3, 0.4) is 0 Å². The zero-order valence-corrected chi connectivity index (χ0v) is 15.6. The van der Waals surface area contributed by atoms with E-state index in [0.29, 0.717) is 5.02 Å². The number of hydrogen-bond acceptors (Lipinski definition) is 2. The maximum Gasteiger partial charge on any atom is 0.189 e. The minimum Gasteiger partial charge on any atom is -0.507 e. The number of ketones is 1. The average molecular weight is 376 g/mol. The van der Waals surface area contributed by atoms with Crippen molar-refractivity contribution in [3.8, 4) is 5.75 Å². The van der Waals surface area contributed by atoms with E-state index in [1.54, 1.807) is 12.1 Å². The number of halogens is 1. The number of para-hydroxylation sites is 1. The van der Waals surface area contributed by atoms with E-state index in [9.17, 15) is 9.90 Å². The molecule has 0 bridgehead atoms. The lowest BCUT2D eigenvalue weighted by molar-refractivity contribution is 0.104. The van der Waals surface area contributed by atoms with Crippen molar-refractivity contribution in [3.05, 3.63) is 82.9 Å². The zero-order valence-electron chi connectivity index (χ0n) is 14.8. The van der Waals surface area contributed by atoms with Gasteiger partial charge in [-0.15, -0.1) is 0 Å². The van der Waals surface area contributed by atoms with E-state index < -0.39 is 0 Å². The number of phenolic OH excluding ortho intramolecular Hbond substituents is 1. The number of carbonyl (C=O) groups is 1. The minimum atomic E-state index is -0.286. The molecule has 1 N–H and O–H groups in total. The van der Waals surface area contributed by atoms with Crippen LogP contribution in [0.1, 0.15) is 22.8 Å². The molecule has 27 heavy (non-hydrogen) atoms. The van der Waals surface area contributed by atoms with Gasteiger partial charge in [0.25, 0.3) is 0 Å². The summed E-state index contributed by atoms with van der Waals surface area (Å²) in [5.74, 6) is -0.360. The number of phenols is 1. The van der Waals surface area contributed by atoms with Crippen molar-refractivity contribution < 1.29 is 9.90 Å². The highest BCUT2D eigenvalue weighted by molar-refractivity contribution is 6.31. The van der Waals surface area contributed by atoms with Crippen LogP contribution in [-0.2, 0) is 6.54 Å². The molecular weight excluding hydrogens is 358 g/mol. The predicted octanol–water partition coefficient (Wildman–Crippen LogP) is 6.07. The topological polar surface area (TPSA) is 42.2 Å². The van der Waals surface area contributed by atoms with Crippen molar-refractivity contribution in [2.45, 2.75) is 13.5 Å². The van der Waals surface area contributed by atoms with Crippen LogP contribution >= 0.6 is 11.6 Å². The first-order valence-corrected chi connectivity index (χ1v) is 9.18. The molecule has 3 aromatic carbocycles. The smallest absolute Gasteiger partial charge is 0.189 e. The van der Waals surface area contributed by atoms with E-state index in [1.165, 1.54) is 34.6 Å². The Labute approximate surface area is 162 Å². The number of nitrogens with zero attached hydrogens (tertiary/aromatic N) is 1. The summed E-state index contributed by atoms with van der Waals surface area (Å²) in [6, 6.07) is 18.9. The van der Waals surface area contributed by atoms with E-state index in [0.717, 1.165) is 17.5 Å². The molecule has 0 radical (unpaired) electrons. The highest BCUT2D eigenvalue weighted by atomic mass is 35.5. The molecule has 0 saturated carbocycles. The van der Waals surface area contributed by atoms with Crippen molar-refractivity contribution in [1.82, 2.24) is 4.57 Å². The Morgan fingerprint density at radius 2 is 1.81 bits per heavy atom. The Hall–Kier alpha value is -3.04. The second-order valence-corrected chi connectivity index (χ2v) is 6.83. The van der Waals surface area contributed by atoms with E-state index in [4.69, 9.17) is 11.6 Å². The molecule has 134 valence electrons. The van der Waals surface area contributed by atoms with Gasteiger partial charge in [-0.05, 0) is 55.0 Å². The third kappa shape index (κ3) is 3.11. The second kappa shape index (κ2) is 6.93. The van der Waals surface area contributed by atoms with Crippen LogP contribution in [-0.4, -0.2) is 15.5 Å². The van der Waals surface area contributed by atoms with Crippen LogP contribution in [0.15, 0.2) is 66.7 Å². The fraction of sp³-hybridized carbons (Fsp3) is 0.0870. The zero-order chi connectivity index (χ0) is 19.0. The van der Waals surface area contributed by atoms with Crippen LogP contribution in [0.5, 0.6) is 5.75 Å². The molecule has 0 aliphatic rings. The fourth-order valence-corrected chi connectivity index (χ4v) is 3.66. The van der Waals surface area contributed by atoms with Crippen molar-refractivity contribution >= 4 is 45.3 Å². The molecule has 0 amide bonds. The molecule has 0 aliphatic carbocycles. The summed E-state index contributed by atoms with van der Waals surface area (Å²) in [6.07, 6.45) is 3.23. The molecule has 0 atom stereocenters. The lowest BCUT2D eigenvalue weighted by Crippen LogP contribution is -1.95. The number of aromatic nitrogens is 1. The number of fused-ring (bicyclic) bond motifs is 3. The van der Waals surface area contributed by atoms with E-state index in [-0.39, 0.29) is 17.1 Å². The maximum atomic E-state index is 12.4. The standard InChI is InChI=1S/C23H18ClNO2/c1-2-25-20-6-4-3-5-17(20)18-13-15(7-10-21(18)25)8-11-22(26)19-14-16(24)9-12-23(19)27/h3-14,27H,2H2,1H3/b11-8+. The number of benzene rings is 3. The summed E-state index contributed by atoms with van der Waals surface area (Å²) in [7, 11) is 0. The van der Waals surface area contributed by atoms with Gasteiger partial charge in [0.15, 0.2) is 5.78 Å². The summed E-state index contributed by atoms with van der Waals surface area (Å²) in [6.45, 7) is 3.03. The van der Waals surface area contributed by atoms with Crippen molar-refractivity contribution in [2.24, 2.45) is 0 Å². The normalized spacial score (nSPS) is 11.6. The lowest BCUT2D eigenvalue weighted by atomic mass is 10.1. The van der Waals surface area contributed by atoms with Crippen LogP contribution in [0.2, 0.25) is 5.02 Å². The monoisotopic (exact) mass is 375 g/mol. The van der Waals surface area contributed by atoms with Gasteiger partial charge in [-0.25, -0.2) is 0 Å². The number of carbonyl (C=O) groups excluding carboxylic acids is 1. The number of allylic oxidation sites excluding steroid dienone is 1. The highest BCUT2D eigenvalue weighted by Crippen LogP contribution is 2.30. The van der Waals surface area contributed by atoms with Gasteiger partial charge in [-0.1, -0.05) is 41.9 Å². The number of rotatable bonds is 4. The summed E-state index contributed by atoms with van der Waals surface area (Å²) in [5, 5.41) is 12.6. The van der Waals surface area contributed by atoms with Gasteiger partial charge in [-0.2, -0.15) is 0 Å². The molecule has 0 saturated heterocycles. The summed E-state index contributed by atoms with van der Waals surface area (Å²) >= 11 is 5.93. The summed E-state index contributed by atoms with van der Waals surface area (Å²) in [4.78, 5) is 12.4. The number of hydrogen-bond donors (Lipinski definition) is 1. The lowest BCUT2D eigenvalue weighted by Gasteiger charge is -2.03. The van der Waals surface area contributed by atoms with E-state index >= 15 is 0 Å². The van der Waals surface area contributed by atoms with Gasteiger partial charge in [-0.3, -0.25) is 4.79 Å². The Kier molecular flexibility index (Phi) is 4.46. The molecule has 1 aromatic heterocycles. The average Bonchev–Trinajstić information content (AvgIpc) is 3.01. The van der Waals surface area contributed by atoms with Gasteiger partial charge in [0.05, 0.1) is 5.56 Å². The van der Waals surface area contributed by atoms with E-state index in [2.05, 4.69) is 35.8 Å². The molecule has 4 heteroatoms. The van der Waals surface area contributed by atoms with Gasteiger partial charge >= 0.3 is 0 Å². The second-order valence-electron chi connectivity index (χ2n) is 6.40. The first-order valence-electron chi connectivity index (χ1n) is 8.80. The van der Waals surface area contributed by atoms with E-state index in [1.807, 2.05) is 18.2 Å². The van der Waals surface area contributed by atoms with Crippen LogP contribution in [0.25, 0.3) is 27.9 Å². The Bertz CT molecular complexity index is 1200. The SMILES string of the molecule is CCn1c2ccccc2c2cc(/C=C/C(=O)c3cc(Cl)ccc3O)ccc21. The van der Waals surface area contributed by atoms with Gasteiger partial charge in [0, 0.05) is 33.4 Å². The molecule has 0 fully saturated rings. The minimum absolute atomic E-state index is 0.0736. The molecule has 0 aliphatic heterocycles. The maximum absolute atomic E-state index is 12.4. The Balaban J connectivity index is 1.74. The van der Waals surface area contributed by atoms with Gasteiger partial charge < -0.3 is 9.67 Å². The van der Waals surface area contributed by atoms with Crippen molar-refractivity contribution in [1.29, 1.82) is 0 Å². The first-order chi connectivity index (χ1) is 13.1. The van der Waals surface area contributed by atoms with Gasteiger partial charge in [0.2, 0.25) is 0 Å². The molecule has 4 rings (SSSR count). The largest absolute Gasteiger partial charge is 0.507 e. The first kappa shape index (κ1) is 17.4. The molecule has 1 heterocycles.